The third-order valence-corrected chi connectivity index (χ3v) is 7.32. The van der Waals surface area contributed by atoms with Gasteiger partial charge in [0.05, 0.1) is 5.69 Å². The smallest absolute Gasteiger partial charge is 0.144 e. The van der Waals surface area contributed by atoms with Gasteiger partial charge in [0.1, 0.15) is 11.2 Å². The summed E-state index contributed by atoms with van der Waals surface area (Å²) < 4.78 is 6.45. The van der Waals surface area contributed by atoms with E-state index < -0.39 is 0 Å². The Kier molecular flexibility index (Phi) is 5.45. The molecule has 2 aromatic heterocycles. The van der Waals surface area contributed by atoms with E-state index in [1.807, 2.05) is 6.20 Å². The van der Waals surface area contributed by atoms with Crippen LogP contribution in [0.2, 0.25) is 0 Å². The largest absolute Gasteiger partial charge is 0.455 e. The minimum absolute atomic E-state index is 0.308. The number of para-hydroxylation sites is 1. The average molecular weight is 468 g/mol. The zero-order valence-corrected chi connectivity index (χ0v) is 21.2. The third kappa shape index (κ3) is 3.79. The lowest BCUT2D eigenvalue weighted by atomic mass is 9.92. The summed E-state index contributed by atoms with van der Waals surface area (Å²) in [6.07, 6.45) is 1.91. The van der Waals surface area contributed by atoms with Crippen molar-refractivity contribution in [3.63, 3.8) is 0 Å². The fraction of sp³-hybridized carbons (Fsp3) is 0.147. The molecule has 0 aliphatic heterocycles. The van der Waals surface area contributed by atoms with Gasteiger partial charge in [0.2, 0.25) is 0 Å². The quantitative estimate of drug-likeness (QED) is 0.258. The van der Waals surface area contributed by atoms with E-state index in [1.54, 1.807) is 0 Å². The number of aryl methyl sites for hydroxylation is 3. The average Bonchev–Trinajstić information content (AvgIpc) is 3.26. The van der Waals surface area contributed by atoms with Gasteiger partial charge in [0.15, 0.2) is 0 Å². The molecule has 0 saturated heterocycles. The van der Waals surface area contributed by atoms with E-state index in [0.717, 1.165) is 33.2 Å². The van der Waals surface area contributed by atoms with Crippen LogP contribution in [0.15, 0.2) is 102 Å². The molecule has 0 amide bonds. The SMILES string of the molecule is Cc1cc(C)c(-c2ccnc(-c3cccc4c3oc3ccc(C(C)c5ccccc5)cc34)c2)c(C)c1. The van der Waals surface area contributed by atoms with E-state index in [2.05, 4.69) is 119 Å². The molecule has 0 N–H and O–H groups in total. The number of fused-ring (bicyclic) bond motifs is 3. The molecule has 1 unspecified atom stereocenters. The lowest BCUT2D eigenvalue weighted by Crippen LogP contribution is -1.95. The fourth-order valence-corrected chi connectivity index (χ4v) is 5.59. The van der Waals surface area contributed by atoms with Crippen molar-refractivity contribution in [3.8, 4) is 22.4 Å². The molecule has 0 aliphatic rings. The number of nitrogens with zero attached hydrogens (tertiary/aromatic N) is 1. The molecule has 0 bridgehead atoms. The molecule has 2 heteroatoms. The Bertz CT molecular complexity index is 1700. The molecule has 2 heterocycles. The predicted molar refractivity (Wildman–Crippen MR) is 151 cm³/mol. The van der Waals surface area contributed by atoms with Crippen LogP contribution in [0, 0.1) is 20.8 Å². The standard InChI is InChI=1S/C34H29NO/c1-21-17-22(2)33(23(3)18-21)27-15-16-35-31(20-27)29-12-8-11-28-30-19-26(13-14-32(30)36-34(28)29)24(4)25-9-6-5-7-10-25/h5-20,24H,1-4H3. The topological polar surface area (TPSA) is 26.0 Å². The number of pyridine rings is 1. The van der Waals surface area contributed by atoms with Gasteiger partial charge in [-0.1, -0.05) is 73.2 Å². The molecule has 0 saturated carbocycles. The van der Waals surface area contributed by atoms with Crippen LogP contribution in [0.3, 0.4) is 0 Å². The van der Waals surface area contributed by atoms with Crippen LogP contribution in [0.4, 0.5) is 0 Å². The molecule has 6 rings (SSSR count). The molecule has 4 aromatic carbocycles. The van der Waals surface area contributed by atoms with Crippen molar-refractivity contribution in [2.45, 2.75) is 33.6 Å². The summed E-state index contributed by atoms with van der Waals surface area (Å²) in [6.45, 7) is 8.78. The van der Waals surface area contributed by atoms with E-state index >= 15 is 0 Å². The first kappa shape index (κ1) is 22.3. The summed E-state index contributed by atoms with van der Waals surface area (Å²) in [4.78, 5) is 4.76. The van der Waals surface area contributed by atoms with Gasteiger partial charge < -0.3 is 4.42 Å². The molecule has 6 aromatic rings. The maximum Gasteiger partial charge on any atom is 0.144 e. The van der Waals surface area contributed by atoms with E-state index in [9.17, 15) is 0 Å². The van der Waals surface area contributed by atoms with Crippen LogP contribution in [-0.2, 0) is 0 Å². The van der Waals surface area contributed by atoms with Gasteiger partial charge in [0, 0.05) is 28.5 Å². The first-order valence-electron chi connectivity index (χ1n) is 12.5. The van der Waals surface area contributed by atoms with Crippen LogP contribution in [0.25, 0.3) is 44.3 Å². The van der Waals surface area contributed by atoms with Gasteiger partial charge >= 0.3 is 0 Å². The summed E-state index contributed by atoms with van der Waals surface area (Å²) in [6, 6.07) is 32.4. The van der Waals surface area contributed by atoms with Gasteiger partial charge in [-0.05, 0) is 84.5 Å². The number of hydrogen-bond donors (Lipinski definition) is 0. The van der Waals surface area contributed by atoms with Crippen LogP contribution in [0.1, 0.15) is 40.7 Å². The lowest BCUT2D eigenvalue weighted by molar-refractivity contribution is 0.669. The van der Waals surface area contributed by atoms with E-state index in [1.165, 1.54) is 38.9 Å². The zero-order valence-electron chi connectivity index (χ0n) is 21.2. The van der Waals surface area contributed by atoms with Crippen molar-refractivity contribution < 1.29 is 4.42 Å². The summed E-state index contributed by atoms with van der Waals surface area (Å²) in [5.41, 5.74) is 12.7. The van der Waals surface area contributed by atoms with Gasteiger partial charge in [-0.3, -0.25) is 4.98 Å². The second-order valence-corrected chi connectivity index (χ2v) is 9.88. The highest BCUT2D eigenvalue weighted by Crippen LogP contribution is 2.38. The van der Waals surface area contributed by atoms with E-state index in [4.69, 9.17) is 9.40 Å². The van der Waals surface area contributed by atoms with E-state index in [0.29, 0.717) is 5.92 Å². The highest BCUT2D eigenvalue weighted by molar-refractivity contribution is 6.09. The minimum Gasteiger partial charge on any atom is -0.455 e. The highest BCUT2D eigenvalue weighted by atomic mass is 16.3. The summed E-state index contributed by atoms with van der Waals surface area (Å²) in [7, 11) is 0. The first-order chi connectivity index (χ1) is 17.5. The van der Waals surface area contributed by atoms with Crippen LogP contribution < -0.4 is 0 Å². The molecule has 0 aliphatic carbocycles. The summed E-state index contributed by atoms with van der Waals surface area (Å²) >= 11 is 0. The Labute approximate surface area is 212 Å². The molecule has 0 radical (unpaired) electrons. The van der Waals surface area contributed by atoms with Gasteiger partial charge in [0.25, 0.3) is 0 Å². The minimum atomic E-state index is 0.308. The number of benzene rings is 4. The molecule has 176 valence electrons. The van der Waals surface area contributed by atoms with Crippen molar-refractivity contribution in [3.05, 3.63) is 125 Å². The van der Waals surface area contributed by atoms with Crippen LogP contribution >= 0.6 is 0 Å². The Hall–Kier alpha value is -4.17. The van der Waals surface area contributed by atoms with Crippen molar-refractivity contribution in [1.29, 1.82) is 0 Å². The maximum atomic E-state index is 6.45. The van der Waals surface area contributed by atoms with Gasteiger partial charge in [-0.2, -0.15) is 0 Å². The number of aromatic nitrogens is 1. The van der Waals surface area contributed by atoms with Crippen molar-refractivity contribution in [2.75, 3.05) is 0 Å². The zero-order chi connectivity index (χ0) is 24.8. The second kappa shape index (κ2) is 8.80. The molecule has 2 nitrogen and oxygen atoms in total. The normalized spacial score (nSPS) is 12.3. The number of furan rings is 1. The van der Waals surface area contributed by atoms with Crippen molar-refractivity contribution >= 4 is 21.9 Å². The predicted octanol–water partition coefficient (Wildman–Crippen LogP) is 9.39. The fourth-order valence-electron chi connectivity index (χ4n) is 5.59. The molecule has 36 heavy (non-hydrogen) atoms. The Morgan fingerprint density at radius 3 is 2.25 bits per heavy atom. The molecular weight excluding hydrogens is 438 g/mol. The maximum absolute atomic E-state index is 6.45. The van der Waals surface area contributed by atoms with Crippen LogP contribution in [-0.4, -0.2) is 4.98 Å². The Morgan fingerprint density at radius 1 is 0.694 bits per heavy atom. The van der Waals surface area contributed by atoms with Crippen molar-refractivity contribution in [1.82, 2.24) is 4.98 Å². The molecule has 1 atom stereocenters. The summed E-state index contributed by atoms with van der Waals surface area (Å²) in [5.74, 6) is 0.308. The monoisotopic (exact) mass is 467 g/mol. The van der Waals surface area contributed by atoms with Gasteiger partial charge in [-0.15, -0.1) is 0 Å². The molecular formula is C34H29NO. The first-order valence-corrected chi connectivity index (χ1v) is 12.5. The number of rotatable bonds is 4. The second-order valence-electron chi connectivity index (χ2n) is 9.88. The molecule has 0 spiro atoms. The Balaban J connectivity index is 1.47. The van der Waals surface area contributed by atoms with E-state index in [-0.39, 0.29) is 0 Å². The lowest BCUT2D eigenvalue weighted by Gasteiger charge is -2.13. The Morgan fingerprint density at radius 2 is 1.47 bits per heavy atom. The van der Waals surface area contributed by atoms with Gasteiger partial charge in [-0.25, -0.2) is 0 Å². The third-order valence-electron chi connectivity index (χ3n) is 7.32. The van der Waals surface area contributed by atoms with Crippen molar-refractivity contribution in [2.24, 2.45) is 0 Å². The summed E-state index contributed by atoms with van der Waals surface area (Å²) in [5, 5.41) is 2.27. The van der Waals surface area contributed by atoms with Crippen LogP contribution in [0.5, 0.6) is 0 Å². The molecule has 0 fully saturated rings. The number of hydrogen-bond acceptors (Lipinski definition) is 2. The highest BCUT2D eigenvalue weighted by Gasteiger charge is 2.16.